The van der Waals surface area contributed by atoms with Gasteiger partial charge in [-0.25, -0.2) is 9.78 Å². The molecule has 0 aliphatic heterocycles. The Morgan fingerprint density at radius 1 is 1.08 bits per heavy atom. The molecule has 0 unspecified atom stereocenters. The monoisotopic (exact) mass is 382 g/mol. The van der Waals surface area contributed by atoms with Gasteiger partial charge in [-0.2, -0.15) is 0 Å². The van der Waals surface area contributed by atoms with E-state index in [4.69, 9.17) is 0 Å². The minimum absolute atomic E-state index is 0.139. The first kappa shape index (κ1) is 18.8. The van der Waals surface area contributed by atoms with E-state index in [1.165, 1.54) is 24.4 Å². The number of nitrogens with one attached hydrogen (secondary N) is 3. The summed E-state index contributed by atoms with van der Waals surface area (Å²) in [6.45, 7) is 2.11. The summed E-state index contributed by atoms with van der Waals surface area (Å²) in [4.78, 5) is 13.3. The maximum atomic E-state index is 12.9. The SMILES string of the molecule is CCNC(=O)Nc1cc(Nc2cccc(S(F)(F)(F)(F)F)c2)ccn1. The highest BCUT2D eigenvalue weighted by Gasteiger charge is 2.65. The number of halogens is 5. The highest BCUT2D eigenvalue weighted by molar-refractivity contribution is 8.45. The van der Waals surface area contributed by atoms with E-state index in [2.05, 4.69) is 20.9 Å². The average molecular weight is 382 g/mol. The summed E-state index contributed by atoms with van der Waals surface area (Å²) in [5.41, 5.74) is 0.0852. The number of carbonyl (C=O) groups is 1. The van der Waals surface area contributed by atoms with Gasteiger partial charge in [0.15, 0.2) is 0 Å². The van der Waals surface area contributed by atoms with Gasteiger partial charge in [-0.3, -0.25) is 5.32 Å². The molecule has 2 amide bonds. The van der Waals surface area contributed by atoms with Crippen LogP contribution >= 0.6 is 10.2 Å². The zero-order valence-electron chi connectivity index (χ0n) is 12.9. The van der Waals surface area contributed by atoms with Crippen LogP contribution in [0.25, 0.3) is 0 Å². The second kappa shape index (κ2) is 5.76. The molecule has 0 atom stereocenters. The topological polar surface area (TPSA) is 66.1 Å². The Hall–Kier alpha value is -2.56. The molecule has 1 aromatic heterocycles. The largest absolute Gasteiger partial charge is 0.355 e. The van der Waals surface area contributed by atoms with Gasteiger partial charge >= 0.3 is 16.3 Å². The van der Waals surface area contributed by atoms with Crippen LogP contribution in [0, 0.1) is 0 Å². The lowest BCUT2D eigenvalue weighted by Crippen LogP contribution is -2.28. The molecule has 0 radical (unpaired) electrons. The van der Waals surface area contributed by atoms with Gasteiger partial charge in [-0.05, 0) is 31.2 Å². The first-order valence-electron chi connectivity index (χ1n) is 6.99. The summed E-state index contributed by atoms with van der Waals surface area (Å²) in [5.74, 6) is 0.139. The number of benzene rings is 1. The van der Waals surface area contributed by atoms with Crippen molar-refractivity contribution in [1.29, 1.82) is 0 Å². The van der Waals surface area contributed by atoms with Crippen LogP contribution in [0.15, 0.2) is 47.5 Å². The molecule has 2 aromatic rings. The molecule has 1 aromatic carbocycles. The van der Waals surface area contributed by atoms with Crippen LogP contribution in [0.4, 0.5) is 41.4 Å². The number of hydrogen-bond donors (Lipinski definition) is 3. The van der Waals surface area contributed by atoms with Gasteiger partial charge in [-0.15, -0.1) is 0 Å². The molecule has 0 aliphatic carbocycles. The molecule has 2 rings (SSSR count). The van der Waals surface area contributed by atoms with Crippen molar-refractivity contribution >= 4 is 33.4 Å². The fourth-order valence-corrected chi connectivity index (χ4v) is 2.56. The van der Waals surface area contributed by atoms with E-state index in [-0.39, 0.29) is 17.2 Å². The number of hydrogen-bond acceptors (Lipinski definition) is 3. The van der Waals surface area contributed by atoms with E-state index in [0.717, 1.165) is 6.07 Å². The summed E-state index contributed by atoms with van der Waals surface area (Å²) < 4.78 is 64.3. The molecule has 0 aliphatic rings. The molecule has 1 heterocycles. The Labute approximate surface area is 140 Å². The maximum absolute atomic E-state index is 12.9. The van der Waals surface area contributed by atoms with Crippen molar-refractivity contribution in [2.24, 2.45) is 0 Å². The van der Waals surface area contributed by atoms with Gasteiger partial charge in [0.1, 0.15) is 10.7 Å². The predicted octanol–water partition coefficient (Wildman–Crippen LogP) is 5.62. The van der Waals surface area contributed by atoms with Gasteiger partial charge in [0, 0.05) is 30.2 Å². The van der Waals surface area contributed by atoms with Crippen LogP contribution in [-0.2, 0) is 0 Å². The van der Waals surface area contributed by atoms with E-state index >= 15 is 0 Å². The second-order valence-electron chi connectivity index (χ2n) is 5.04. The van der Waals surface area contributed by atoms with Crippen LogP contribution in [0.2, 0.25) is 0 Å². The lowest BCUT2D eigenvalue weighted by atomic mass is 10.3. The Bertz CT molecular complexity index is 798. The first-order valence-corrected chi connectivity index (χ1v) is 8.94. The van der Waals surface area contributed by atoms with Crippen LogP contribution in [0.1, 0.15) is 6.92 Å². The number of amides is 2. The van der Waals surface area contributed by atoms with Crippen LogP contribution in [-0.4, -0.2) is 17.6 Å². The molecule has 0 saturated carbocycles. The first-order chi connectivity index (χ1) is 11.4. The van der Waals surface area contributed by atoms with Crippen molar-refractivity contribution in [3.05, 3.63) is 42.6 Å². The van der Waals surface area contributed by atoms with Crippen molar-refractivity contribution in [3.63, 3.8) is 0 Å². The van der Waals surface area contributed by atoms with Gasteiger partial charge < -0.3 is 10.6 Å². The summed E-state index contributed by atoms with van der Waals surface area (Å²) in [6, 6.07) is 5.00. The molecular formula is C14H15F5N4OS. The standard InChI is InChI=1S/C14H15F5N4OS/c1-2-20-14(24)23-13-9-11(6-7-21-13)22-10-4-3-5-12(8-10)25(15,16,17,18)19/h3-9H,2H2,1H3,(H3,20,21,22,23,24). The number of aromatic nitrogens is 1. The number of pyridine rings is 1. The normalized spacial score (nSPS) is 14.2. The predicted molar refractivity (Wildman–Crippen MR) is 88.1 cm³/mol. The van der Waals surface area contributed by atoms with Gasteiger partial charge in [0.25, 0.3) is 0 Å². The molecule has 0 saturated heterocycles. The molecule has 11 heteroatoms. The summed E-state index contributed by atoms with van der Waals surface area (Å²) in [7, 11) is -9.75. The molecule has 138 valence electrons. The molecule has 3 N–H and O–H groups in total. The third-order valence-electron chi connectivity index (χ3n) is 2.91. The number of anilines is 3. The zero-order chi connectivity index (χ0) is 18.8. The fourth-order valence-electron chi connectivity index (χ4n) is 1.88. The van der Waals surface area contributed by atoms with Gasteiger partial charge in [0.05, 0.1) is 0 Å². The van der Waals surface area contributed by atoms with E-state index in [1.807, 2.05) is 0 Å². The number of nitrogens with zero attached hydrogens (tertiary/aromatic N) is 1. The van der Waals surface area contributed by atoms with Crippen LogP contribution < -0.4 is 16.0 Å². The quantitative estimate of drug-likeness (QED) is 0.588. The second-order valence-corrected chi connectivity index (χ2v) is 7.45. The van der Waals surface area contributed by atoms with Gasteiger partial charge in [0.2, 0.25) is 0 Å². The number of rotatable bonds is 5. The van der Waals surface area contributed by atoms with E-state index < -0.39 is 21.2 Å². The smallest absolute Gasteiger partial charge is 0.320 e. The fraction of sp³-hybridized carbons (Fsp3) is 0.143. The van der Waals surface area contributed by atoms with E-state index in [1.54, 1.807) is 6.92 Å². The van der Waals surface area contributed by atoms with Crippen molar-refractivity contribution in [2.75, 3.05) is 17.2 Å². The van der Waals surface area contributed by atoms with Crippen molar-refractivity contribution in [1.82, 2.24) is 10.3 Å². The minimum Gasteiger partial charge on any atom is -0.355 e. The summed E-state index contributed by atoms with van der Waals surface area (Å²) in [6.07, 6.45) is 1.30. The average Bonchev–Trinajstić information content (AvgIpc) is 2.46. The molecule has 5 nitrogen and oxygen atoms in total. The van der Waals surface area contributed by atoms with Crippen molar-refractivity contribution < 1.29 is 24.2 Å². The van der Waals surface area contributed by atoms with Crippen LogP contribution in [0.5, 0.6) is 0 Å². The molecule has 0 fully saturated rings. The van der Waals surface area contributed by atoms with Crippen molar-refractivity contribution in [3.8, 4) is 0 Å². The molecular weight excluding hydrogens is 367 g/mol. The minimum atomic E-state index is -9.75. The Balaban J connectivity index is 2.23. The molecule has 0 spiro atoms. The highest BCUT2D eigenvalue weighted by Crippen LogP contribution is 3.02. The highest BCUT2D eigenvalue weighted by atomic mass is 32.5. The van der Waals surface area contributed by atoms with Crippen molar-refractivity contribution in [2.45, 2.75) is 11.8 Å². The Morgan fingerprint density at radius 2 is 1.76 bits per heavy atom. The summed E-state index contributed by atoms with van der Waals surface area (Å²) >= 11 is 0. The number of urea groups is 1. The maximum Gasteiger partial charge on any atom is 0.320 e. The Kier molecular flexibility index (Phi) is 4.32. The third kappa shape index (κ3) is 5.48. The molecule has 25 heavy (non-hydrogen) atoms. The van der Waals surface area contributed by atoms with Gasteiger partial charge in [-0.1, -0.05) is 25.5 Å². The molecule has 0 bridgehead atoms. The van der Waals surface area contributed by atoms with E-state index in [9.17, 15) is 24.2 Å². The lowest BCUT2D eigenvalue weighted by molar-refractivity contribution is 0.252. The van der Waals surface area contributed by atoms with E-state index in [0.29, 0.717) is 18.7 Å². The Morgan fingerprint density at radius 3 is 2.40 bits per heavy atom. The zero-order valence-corrected chi connectivity index (χ0v) is 13.7. The summed E-state index contributed by atoms with van der Waals surface area (Å²) in [5, 5.41) is 7.47. The number of carbonyl (C=O) groups excluding carboxylic acids is 1. The third-order valence-corrected chi connectivity index (χ3v) is 4.05. The van der Waals surface area contributed by atoms with Crippen LogP contribution in [0.3, 0.4) is 0 Å². The lowest BCUT2D eigenvalue weighted by Gasteiger charge is -2.40.